The monoisotopic (exact) mass is 722 g/mol. The van der Waals surface area contributed by atoms with Crippen LogP contribution in [-0.4, -0.2) is 134 Å². The molecule has 1 aliphatic carbocycles. The first kappa shape index (κ1) is 46.0. The molecule has 0 heterocycles. The Balaban J connectivity index is 2.14. The Morgan fingerprint density at radius 3 is 1.74 bits per heavy atom. The van der Waals surface area contributed by atoms with Crippen LogP contribution in [0.4, 0.5) is 0 Å². The van der Waals surface area contributed by atoms with Crippen LogP contribution in [0.25, 0.3) is 0 Å². The molecule has 6 unspecified atom stereocenters. The number of esters is 2. The number of ketones is 1. The zero-order chi connectivity index (χ0) is 37.4. The van der Waals surface area contributed by atoms with Crippen LogP contribution in [-0.2, 0) is 47.5 Å². The third-order valence-electron chi connectivity index (χ3n) is 8.51. The van der Waals surface area contributed by atoms with Gasteiger partial charge in [0.2, 0.25) is 0 Å². The van der Waals surface area contributed by atoms with E-state index < -0.39 is 48.4 Å². The minimum Gasteiger partial charge on any atom is -0.465 e. The predicted octanol–water partition coefficient (Wildman–Crippen LogP) is 1.78. The second-order valence-electron chi connectivity index (χ2n) is 12.7. The smallest absolute Gasteiger partial charge is 0.319 e. The normalized spacial score (nSPS) is 20.6. The van der Waals surface area contributed by atoms with Gasteiger partial charge >= 0.3 is 11.9 Å². The van der Waals surface area contributed by atoms with Gasteiger partial charge in [-0.15, -0.1) is 0 Å². The van der Waals surface area contributed by atoms with E-state index in [1.807, 2.05) is 6.92 Å². The first-order valence-corrected chi connectivity index (χ1v) is 17.7. The standard InChI is InChI=1S/C35H62O15/c1-5-15-35(25(4)36,34(43)46-7-3)16-12-31(40)48-18-14-33(42)50-24-29(38)22-45-20-27-10-8-26(9-11-27)19-44-21-28(37)23-49-32(41)13-17-47-30(39)6-2/h6,26-30,32-33,37-39,41-42H,2,5,7-24H2,1,3-4H3. The quantitative estimate of drug-likeness (QED) is 0.0309. The van der Waals surface area contributed by atoms with Gasteiger partial charge in [0.15, 0.2) is 18.9 Å². The van der Waals surface area contributed by atoms with Crippen LogP contribution in [0.15, 0.2) is 12.7 Å². The SMILES string of the molecule is C=CC(O)OCCC(O)OCC(O)COCC1CCC(COCC(O)COC(O)CCOC(=O)CCC(CCC)(C(C)=O)C(=O)OCC)CC1. The van der Waals surface area contributed by atoms with Crippen molar-refractivity contribution >= 4 is 17.7 Å². The fourth-order valence-corrected chi connectivity index (χ4v) is 5.55. The molecular formula is C35H62O15. The molecule has 0 saturated heterocycles. The summed E-state index contributed by atoms with van der Waals surface area (Å²) in [5.41, 5.74) is -1.38. The molecule has 1 aliphatic rings. The van der Waals surface area contributed by atoms with Crippen molar-refractivity contribution in [1.29, 1.82) is 0 Å². The number of carbonyl (C=O) groups excluding carboxylic acids is 3. The molecule has 15 nitrogen and oxygen atoms in total. The summed E-state index contributed by atoms with van der Waals surface area (Å²) in [6.07, 6.45) is 0.426. The molecule has 50 heavy (non-hydrogen) atoms. The number of rotatable bonds is 30. The molecule has 292 valence electrons. The van der Waals surface area contributed by atoms with Crippen molar-refractivity contribution in [3.05, 3.63) is 12.7 Å². The summed E-state index contributed by atoms with van der Waals surface area (Å²) < 4.78 is 36.9. The van der Waals surface area contributed by atoms with E-state index in [-0.39, 0.29) is 84.1 Å². The van der Waals surface area contributed by atoms with Gasteiger partial charge in [-0.1, -0.05) is 19.9 Å². The van der Waals surface area contributed by atoms with Crippen LogP contribution in [0.2, 0.25) is 0 Å². The van der Waals surface area contributed by atoms with Crippen LogP contribution < -0.4 is 0 Å². The van der Waals surface area contributed by atoms with Gasteiger partial charge in [-0.05, 0) is 70.3 Å². The molecule has 0 bridgehead atoms. The van der Waals surface area contributed by atoms with E-state index >= 15 is 0 Å². The fourth-order valence-electron chi connectivity index (χ4n) is 5.55. The van der Waals surface area contributed by atoms with E-state index in [4.69, 9.17) is 33.2 Å². The van der Waals surface area contributed by atoms with E-state index in [0.717, 1.165) is 25.7 Å². The molecule has 15 heteroatoms. The summed E-state index contributed by atoms with van der Waals surface area (Å²) in [6, 6.07) is 0. The third kappa shape index (κ3) is 19.5. The second kappa shape index (κ2) is 26.7. The lowest BCUT2D eigenvalue weighted by Gasteiger charge is -2.28. The molecule has 0 aromatic heterocycles. The Morgan fingerprint density at radius 1 is 0.760 bits per heavy atom. The Hall–Kier alpha value is -2.05. The van der Waals surface area contributed by atoms with Crippen LogP contribution >= 0.6 is 0 Å². The van der Waals surface area contributed by atoms with Crippen molar-refractivity contribution in [2.75, 3.05) is 59.5 Å². The minimum absolute atomic E-state index is 0.0209. The topological polar surface area (TPSA) is 217 Å². The zero-order valence-electron chi connectivity index (χ0n) is 30.1. The molecule has 0 aromatic rings. The number of carbonyl (C=O) groups is 3. The number of ether oxygens (including phenoxy) is 7. The van der Waals surface area contributed by atoms with Crippen molar-refractivity contribution in [3.63, 3.8) is 0 Å². The van der Waals surface area contributed by atoms with Crippen molar-refractivity contribution in [3.8, 4) is 0 Å². The highest BCUT2D eigenvalue weighted by molar-refractivity contribution is 6.03. The maximum atomic E-state index is 12.5. The summed E-state index contributed by atoms with van der Waals surface area (Å²) in [5, 5.41) is 49.3. The molecular weight excluding hydrogens is 660 g/mol. The molecule has 1 saturated carbocycles. The summed E-state index contributed by atoms with van der Waals surface area (Å²) >= 11 is 0. The lowest BCUT2D eigenvalue weighted by Crippen LogP contribution is -2.40. The highest BCUT2D eigenvalue weighted by Crippen LogP contribution is 2.33. The molecule has 1 fully saturated rings. The number of Topliss-reactive ketones (excluding diaryl/α,β-unsaturated/α-hetero) is 1. The summed E-state index contributed by atoms with van der Waals surface area (Å²) in [6.45, 7) is 9.12. The molecule has 0 spiro atoms. The summed E-state index contributed by atoms with van der Waals surface area (Å²) in [4.78, 5) is 37.1. The molecule has 5 N–H and O–H groups in total. The Kier molecular flexibility index (Phi) is 24.5. The molecule has 0 radical (unpaired) electrons. The van der Waals surface area contributed by atoms with E-state index in [2.05, 4.69) is 6.58 Å². The average molecular weight is 723 g/mol. The van der Waals surface area contributed by atoms with E-state index in [0.29, 0.717) is 31.5 Å². The largest absolute Gasteiger partial charge is 0.465 e. The number of aliphatic hydroxyl groups excluding tert-OH is 5. The van der Waals surface area contributed by atoms with Gasteiger partial charge in [-0.3, -0.25) is 14.4 Å². The Morgan fingerprint density at radius 2 is 1.28 bits per heavy atom. The van der Waals surface area contributed by atoms with Crippen LogP contribution in [0.3, 0.4) is 0 Å². The maximum absolute atomic E-state index is 12.5. The average Bonchev–Trinajstić information content (AvgIpc) is 3.08. The van der Waals surface area contributed by atoms with Gasteiger partial charge < -0.3 is 58.7 Å². The highest BCUT2D eigenvalue weighted by Gasteiger charge is 2.44. The first-order valence-electron chi connectivity index (χ1n) is 17.7. The Labute approximate surface area is 296 Å². The predicted molar refractivity (Wildman–Crippen MR) is 179 cm³/mol. The van der Waals surface area contributed by atoms with Gasteiger partial charge in [-0.2, -0.15) is 0 Å². The molecule has 0 aliphatic heterocycles. The van der Waals surface area contributed by atoms with Crippen LogP contribution in [0.1, 0.15) is 85.0 Å². The Bertz CT molecular complexity index is 941. The van der Waals surface area contributed by atoms with Crippen LogP contribution in [0, 0.1) is 17.3 Å². The fraction of sp³-hybridized carbons (Fsp3) is 0.857. The van der Waals surface area contributed by atoms with Gasteiger partial charge in [0, 0.05) is 32.5 Å². The number of hydrogen-bond donors (Lipinski definition) is 5. The van der Waals surface area contributed by atoms with Crippen molar-refractivity contribution in [2.24, 2.45) is 17.3 Å². The van der Waals surface area contributed by atoms with E-state index in [1.165, 1.54) is 13.0 Å². The lowest BCUT2D eigenvalue weighted by atomic mass is 9.76. The summed E-state index contributed by atoms with van der Waals surface area (Å²) in [5.74, 6) is -0.895. The number of hydrogen-bond acceptors (Lipinski definition) is 15. The highest BCUT2D eigenvalue weighted by atomic mass is 16.6. The van der Waals surface area contributed by atoms with Crippen molar-refractivity contribution in [2.45, 2.75) is 116 Å². The molecule has 6 atom stereocenters. The third-order valence-corrected chi connectivity index (χ3v) is 8.51. The maximum Gasteiger partial charge on any atom is 0.319 e. The minimum atomic E-state index is -1.38. The van der Waals surface area contributed by atoms with Crippen molar-refractivity contribution < 1.29 is 73.1 Å². The first-order chi connectivity index (χ1) is 23.9. The zero-order valence-corrected chi connectivity index (χ0v) is 30.1. The molecule has 1 rings (SSSR count). The van der Waals surface area contributed by atoms with Gasteiger partial charge in [-0.25, -0.2) is 0 Å². The van der Waals surface area contributed by atoms with Gasteiger partial charge in [0.25, 0.3) is 0 Å². The van der Waals surface area contributed by atoms with Gasteiger partial charge in [0.05, 0.1) is 46.2 Å². The van der Waals surface area contributed by atoms with Gasteiger partial charge in [0.1, 0.15) is 23.4 Å². The van der Waals surface area contributed by atoms with Crippen molar-refractivity contribution in [1.82, 2.24) is 0 Å². The van der Waals surface area contributed by atoms with E-state index in [9.17, 15) is 39.9 Å². The summed E-state index contributed by atoms with van der Waals surface area (Å²) in [7, 11) is 0. The second-order valence-corrected chi connectivity index (χ2v) is 12.7. The number of aliphatic hydroxyl groups is 5. The molecule has 0 amide bonds. The molecule has 0 aromatic carbocycles. The lowest BCUT2D eigenvalue weighted by molar-refractivity contribution is -0.162. The van der Waals surface area contributed by atoms with E-state index in [1.54, 1.807) is 6.92 Å². The van der Waals surface area contributed by atoms with Crippen LogP contribution in [0.5, 0.6) is 0 Å².